The molecule has 2 heterocycles. The molecule has 2 N–H and O–H groups in total. The van der Waals surface area contributed by atoms with E-state index < -0.39 is 0 Å². The summed E-state index contributed by atoms with van der Waals surface area (Å²) in [5, 5.41) is 7.60. The van der Waals surface area contributed by atoms with Crippen LogP contribution in [0.25, 0.3) is 0 Å². The number of aromatic nitrogens is 1. The Morgan fingerprint density at radius 1 is 1.62 bits per heavy atom. The lowest BCUT2D eigenvalue weighted by Crippen LogP contribution is -2.37. The van der Waals surface area contributed by atoms with Crippen LogP contribution in [-0.4, -0.2) is 29.8 Å². The molecule has 1 aromatic heterocycles. The number of rotatable bonds is 3. The van der Waals surface area contributed by atoms with Crippen molar-refractivity contribution in [3.05, 3.63) is 23.9 Å². The maximum Gasteiger partial charge on any atom is 0.191 e. The molecule has 0 bridgehead atoms. The highest BCUT2D eigenvalue weighted by Gasteiger charge is 2.11. The number of hydrogen-bond donors (Lipinski definition) is 2. The van der Waals surface area contributed by atoms with Gasteiger partial charge < -0.3 is 10.6 Å². The van der Waals surface area contributed by atoms with Crippen molar-refractivity contribution < 1.29 is 0 Å². The third-order valence-corrected chi connectivity index (χ3v) is 3.02. The first-order valence-corrected chi connectivity index (χ1v) is 6.54. The van der Waals surface area contributed by atoms with Gasteiger partial charge in [0, 0.05) is 18.8 Å². The Bertz CT molecular complexity index is 391. The Balaban J connectivity index is 1.89. The zero-order chi connectivity index (χ0) is 11.4. The summed E-state index contributed by atoms with van der Waals surface area (Å²) in [7, 11) is 0. The van der Waals surface area contributed by atoms with Crippen LogP contribution in [0.2, 0.25) is 0 Å². The smallest absolute Gasteiger partial charge is 0.191 e. The molecule has 86 valence electrons. The summed E-state index contributed by atoms with van der Waals surface area (Å²) in [4.78, 5) is 8.59. The fourth-order valence-corrected chi connectivity index (χ4v) is 1.95. The standard InChI is InChI=1S/C11H16N4S/c1-8-6-13-11(15-8)14-7-9-3-4-12-10(5-9)16-2/h3-5,8H,6-7H2,1-2H3,(H2,13,14,15). The van der Waals surface area contributed by atoms with Crippen molar-refractivity contribution in [3.63, 3.8) is 0 Å². The summed E-state index contributed by atoms with van der Waals surface area (Å²) in [6.07, 6.45) is 3.87. The summed E-state index contributed by atoms with van der Waals surface area (Å²) in [5.41, 5.74) is 1.23. The zero-order valence-corrected chi connectivity index (χ0v) is 10.3. The van der Waals surface area contributed by atoms with E-state index in [0.29, 0.717) is 6.04 Å². The molecule has 1 aliphatic heterocycles. The van der Waals surface area contributed by atoms with Gasteiger partial charge in [-0.15, -0.1) is 11.8 Å². The molecule has 1 aliphatic rings. The maximum absolute atomic E-state index is 4.35. The van der Waals surface area contributed by atoms with E-state index in [1.807, 2.05) is 18.5 Å². The highest BCUT2D eigenvalue weighted by atomic mass is 32.2. The van der Waals surface area contributed by atoms with Crippen LogP contribution in [0.15, 0.2) is 28.3 Å². The molecule has 0 fully saturated rings. The van der Waals surface area contributed by atoms with Crippen molar-refractivity contribution in [3.8, 4) is 0 Å². The molecule has 1 atom stereocenters. The van der Waals surface area contributed by atoms with E-state index in [4.69, 9.17) is 0 Å². The molecule has 4 nitrogen and oxygen atoms in total. The van der Waals surface area contributed by atoms with Crippen LogP contribution in [0, 0.1) is 0 Å². The van der Waals surface area contributed by atoms with Crippen LogP contribution in [0.1, 0.15) is 12.5 Å². The highest BCUT2D eigenvalue weighted by Crippen LogP contribution is 2.12. The normalized spacial score (nSPS) is 19.1. The van der Waals surface area contributed by atoms with Crippen molar-refractivity contribution in [1.82, 2.24) is 15.6 Å². The Labute approximate surface area is 100.0 Å². The Morgan fingerprint density at radius 2 is 2.50 bits per heavy atom. The fourth-order valence-electron chi connectivity index (χ4n) is 1.52. The Hall–Kier alpha value is -1.23. The summed E-state index contributed by atoms with van der Waals surface area (Å²) in [6.45, 7) is 3.76. The molecule has 0 aromatic carbocycles. The van der Waals surface area contributed by atoms with Crippen molar-refractivity contribution in [2.24, 2.45) is 4.99 Å². The molecule has 0 spiro atoms. The minimum absolute atomic E-state index is 0.446. The van der Waals surface area contributed by atoms with Gasteiger partial charge in [0.2, 0.25) is 0 Å². The minimum Gasteiger partial charge on any atom is -0.352 e. The first-order valence-electron chi connectivity index (χ1n) is 5.31. The number of aliphatic imine (C=N–C) groups is 1. The first kappa shape index (κ1) is 11.3. The average Bonchev–Trinajstić information content (AvgIpc) is 2.73. The van der Waals surface area contributed by atoms with Gasteiger partial charge in [0.05, 0.1) is 11.6 Å². The van der Waals surface area contributed by atoms with Crippen LogP contribution < -0.4 is 10.6 Å². The van der Waals surface area contributed by atoms with Crippen molar-refractivity contribution in [2.45, 2.75) is 24.5 Å². The molecule has 5 heteroatoms. The number of nitrogens with one attached hydrogen (secondary N) is 2. The van der Waals surface area contributed by atoms with Crippen molar-refractivity contribution in [2.75, 3.05) is 12.8 Å². The van der Waals surface area contributed by atoms with Gasteiger partial charge in [-0.2, -0.15) is 0 Å². The van der Waals surface area contributed by atoms with Gasteiger partial charge >= 0.3 is 0 Å². The SMILES string of the molecule is CSc1cc(CNC2=NCC(C)N2)ccn1. The average molecular weight is 236 g/mol. The third kappa shape index (κ3) is 2.88. The lowest BCUT2D eigenvalue weighted by molar-refractivity contribution is 0.713. The van der Waals surface area contributed by atoms with E-state index in [0.717, 1.165) is 24.1 Å². The maximum atomic E-state index is 4.35. The molecule has 0 saturated carbocycles. The topological polar surface area (TPSA) is 49.3 Å². The second kappa shape index (κ2) is 5.21. The summed E-state index contributed by atoms with van der Waals surface area (Å²) < 4.78 is 0. The largest absolute Gasteiger partial charge is 0.352 e. The van der Waals surface area contributed by atoms with Gasteiger partial charge in [-0.05, 0) is 30.9 Å². The summed E-state index contributed by atoms with van der Waals surface area (Å²) in [6, 6.07) is 4.56. The summed E-state index contributed by atoms with van der Waals surface area (Å²) in [5.74, 6) is 0.898. The minimum atomic E-state index is 0.446. The van der Waals surface area contributed by atoms with Gasteiger partial charge in [-0.25, -0.2) is 4.98 Å². The molecule has 16 heavy (non-hydrogen) atoms. The monoisotopic (exact) mass is 236 g/mol. The van der Waals surface area contributed by atoms with Gasteiger partial charge in [0.1, 0.15) is 0 Å². The molecule has 0 radical (unpaired) electrons. The molecule has 0 saturated heterocycles. The zero-order valence-electron chi connectivity index (χ0n) is 9.53. The van der Waals surface area contributed by atoms with Gasteiger partial charge in [-0.3, -0.25) is 4.99 Å². The van der Waals surface area contributed by atoms with Gasteiger partial charge in [-0.1, -0.05) is 0 Å². The van der Waals surface area contributed by atoms with Crippen LogP contribution in [0.3, 0.4) is 0 Å². The lowest BCUT2D eigenvalue weighted by atomic mass is 10.3. The molecule has 0 amide bonds. The Morgan fingerprint density at radius 3 is 3.19 bits per heavy atom. The number of pyridine rings is 1. The molecule has 0 aliphatic carbocycles. The molecular formula is C11H16N4S. The van der Waals surface area contributed by atoms with E-state index in [1.165, 1.54) is 5.56 Å². The van der Waals surface area contributed by atoms with E-state index in [1.54, 1.807) is 11.8 Å². The van der Waals surface area contributed by atoms with Gasteiger partial charge in [0.15, 0.2) is 5.96 Å². The number of thioether (sulfide) groups is 1. The third-order valence-electron chi connectivity index (χ3n) is 2.37. The predicted octanol–water partition coefficient (Wildman–Crippen LogP) is 1.24. The van der Waals surface area contributed by atoms with Crippen LogP contribution in [0.5, 0.6) is 0 Å². The molecule has 1 aromatic rings. The highest BCUT2D eigenvalue weighted by molar-refractivity contribution is 7.98. The first-order chi connectivity index (χ1) is 7.78. The number of hydrogen-bond acceptors (Lipinski definition) is 5. The summed E-state index contributed by atoms with van der Waals surface area (Å²) >= 11 is 1.66. The van der Waals surface area contributed by atoms with Crippen molar-refractivity contribution >= 4 is 17.7 Å². The fraction of sp³-hybridized carbons (Fsp3) is 0.455. The van der Waals surface area contributed by atoms with E-state index in [-0.39, 0.29) is 0 Å². The second-order valence-electron chi connectivity index (χ2n) is 3.79. The molecule has 1 unspecified atom stereocenters. The van der Waals surface area contributed by atoms with E-state index >= 15 is 0 Å². The molecule has 2 rings (SSSR count). The quantitative estimate of drug-likeness (QED) is 0.775. The number of nitrogens with zero attached hydrogens (tertiary/aromatic N) is 2. The van der Waals surface area contributed by atoms with E-state index in [2.05, 4.69) is 33.6 Å². The number of guanidine groups is 1. The van der Waals surface area contributed by atoms with E-state index in [9.17, 15) is 0 Å². The molecular weight excluding hydrogens is 220 g/mol. The van der Waals surface area contributed by atoms with Crippen LogP contribution in [0.4, 0.5) is 0 Å². The lowest BCUT2D eigenvalue weighted by Gasteiger charge is -2.09. The Kier molecular flexibility index (Phi) is 3.66. The van der Waals surface area contributed by atoms with Crippen molar-refractivity contribution in [1.29, 1.82) is 0 Å². The van der Waals surface area contributed by atoms with Gasteiger partial charge in [0.25, 0.3) is 0 Å². The van der Waals surface area contributed by atoms with Crippen LogP contribution >= 0.6 is 11.8 Å². The second-order valence-corrected chi connectivity index (χ2v) is 4.62. The predicted molar refractivity (Wildman–Crippen MR) is 67.8 cm³/mol. The van der Waals surface area contributed by atoms with Crippen LogP contribution in [-0.2, 0) is 6.54 Å².